The zero-order valence-electron chi connectivity index (χ0n) is 12.0. The molecule has 1 aliphatic rings. The molecule has 1 fully saturated rings. The average molecular weight is 331 g/mol. The van der Waals surface area contributed by atoms with Gasteiger partial charge in [-0.25, -0.2) is 0 Å². The Morgan fingerprint density at radius 1 is 1.22 bits per heavy atom. The summed E-state index contributed by atoms with van der Waals surface area (Å²) in [6.07, 6.45) is -4.87. The number of nitrogens with two attached hydrogens (primary N) is 1. The first kappa shape index (κ1) is 17.3. The minimum Gasteiger partial charge on any atom is -0.481 e. The zero-order valence-corrected chi connectivity index (χ0v) is 12.0. The summed E-state index contributed by atoms with van der Waals surface area (Å²) in [7, 11) is 0. The predicted molar refractivity (Wildman–Crippen MR) is 73.6 cm³/mol. The Kier molecular flexibility index (Phi) is 4.39. The van der Waals surface area contributed by atoms with Gasteiger partial charge >= 0.3 is 18.1 Å². The molecule has 0 saturated heterocycles. The molecule has 0 radical (unpaired) electrons. The van der Waals surface area contributed by atoms with E-state index in [9.17, 15) is 27.9 Å². The topological polar surface area (TPSA) is 101 Å². The van der Waals surface area contributed by atoms with Crippen LogP contribution in [0.3, 0.4) is 0 Å². The molecular formula is C15H16F3NO4. The molecule has 126 valence electrons. The Morgan fingerprint density at radius 2 is 1.83 bits per heavy atom. The lowest BCUT2D eigenvalue weighted by atomic mass is 9.85. The maximum atomic E-state index is 12.9. The predicted octanol–water partition coefficient (Wildman–Crippen LogP) is 2.14. The number of carbonyl (C=O) groups is 2. The van der Waals surface area contributed by atoms with Crippen LogP contribution in [-0.2, 0) is 22.2 Å². The minimum absolute atomic E-state index is 0.0522. The quantitative estimate of drug-likeness (QED) is 0.741. The summed E-state index contributed by atoms with van der Waals surface area (Å²) in [5.41, 5.74) is 3.10. The van der Waals surface area contributed by atoms with Crippen LogP contribution in [0.4, 0.5) is 13.2 Å². The molecule has 8 heteroatoms. The maximum Gasteiger partial charge on any atom is 0.416 e. The van der Waals surface area contributed by atoms with Gasteiger partial charge in [0.05, 0.1) is 11.5 Å². The van der Waals surface area contributed by atoms with Crippen molar-refractivity contribution >= 4 is 11.9 Å². The van der Waals surface area contributed by atoms with Crippen molar-refractivity contribution in [1.82, 2.24) is 0 Å². The van der Waals surface area contributed by atoms with Crippen LogP contribution in [0.15, 0.2) is 24.3 Å². The van der Waals surface area contributed by atoms with Crippen molar-refractivity contribution in [3.8, 4) is 0 Å². The Labute approximate surface area is 129 Å². The summed E-state index contributed by atoms with van der Waals surface area (Å²) >= 11 is 0. The SMILES string of the molecule is NC(CCc1ccccc1C(F)(F)F)(C(=O)O)[C@H]1C[C@@H]1C(=O)O. The van der Waals surface area contributed by atoms with Gasteiger partial charge in [0.1, 0.15) is 5.54 Å². The highest BCUT2D eigenvalue weighted by molar-refractivity contribution is 5.83. The van der Waals surface area contributed by atoms with Crippen molar-refractivity contribution in [1.29, 1.82) is 0 Å². The number of aryl methyl sites for hydroxylation is 1. The number of carboxylic acids is 2. The maximum absolute atomic E-state index is 12.9. The largest absolute Gasteiger partial charge is 0.481 e. The highest BCUT2D eigenvalue weighted by atomic mass is 19.4. The molecule has 0 heterocycles. The van der Waals surface area contributed by atoms with Crippen molar-refractivity contribution < 1.29 is 33.0 Å². The summed E-state index contributed by atoms with van der Waals surface area (Å²) in [5.74, 6) is -4.15. The Hall–Kier alpha value is -2.09. The molecule has 0 aromatic heterocycles. The molecule has 1 aromatic carbocycles. The van der Waals surface area contributed by atoms with E-state index in [0.717, 1.165) is 6.07 Å². The monoisotopic (exact) mass is 331 g/mol. The summed E-state index contributed by atoms with van der Waals surface area (Å²) in [5, 5.41) is 18.2. The molecule has 0 spiro atoms. The molecule has 0 aliphatic heterocycles. The zero-order chi connectivity index (χ0) is 17.4. The second kappa shape index (κ2) is 5.84. The number of rotatable bonds is 6. The molecule has 1 aromatic rings. The van der Waals surface area contributed by atoms with Gasteiger partial charge in [-0.1, -0.05) is 18.2 Å². The number of carboxylic acid groups (broad SMARTS) is 2. The molecule has 3 atom stereocenters. The van der Waals surface area contributed by atoms with E-state index < -0.39 is 41.1 Å². The summed E-state index contributed by atoms with van der Waals surface area (Å²) in [6.45, 7) is 0. The third-order valence-electron chi connectivity index (χ3n) is 4.30. The summed E-state index contributed by atoms with van der Waals surface area (Å²) in [6, 6.07) is 4.87. The molecule has 2 rings (SSSR count). The third kappa shape index (κ3) is 3.47. The van der Waals surface area contributed by atoms with Gasteiger partial charge in [0.25, 0.3) is 0 Å². The molecule has 23 heavy (non-hydrogen) atoms. The normalized spacial score (nSPS) is 23.1. The van der Waals surface area contributed by atoms with Crippen LogP contribution in [-0.4, -0.2) is 27.7 Å². The van der Waals surface area contributed by atoms with Crippen LogP contribution in [0, 0.1) is 11.8 Å². The molecular weight excluding hydrogens is 315 g/mol. The van der Waals surface area contributed by atoms with Gasteiger partial charge in [0.15, 0.2) is 0 Å². The lowest BCUT2D eigenvalue weighted by Crippen LogP contribution is -2.51. The fourth-order valence-corrected chi connectivity index (χ4v) is 2.84. The van der Waals surface area contributed by atoms with E-state index in [1.54, 1.807) is 0 Å². The van der Waals surface area contributed by atoms with Crippen LogP contribution in [0.2, 0.25) is 0 Å². The fourth-order valence-electron chi connectivity index (χ4n) is 2.84. The molecule has 0 amide bonds. The van der Waals surface area contributed by atoms with Crippen molar-refractivity contribution in [2.24, 2.45) is 17.6 Å². The Balaban J connectivity index is 2.18. The number of hydrogen-bond donors (Lipinski definition) is 3. The van der Waals surface area contributed by atoms with Crippen LogP contribution in [0.1, 0.15) is 24.0 Å². The lowest BCUT2D eigenvalue weighted by molar-refractivity contribution is -0.145. The highest BCUT2D eigenvalue weighted by Crippen LogP contribution is 2.47. The van der Waals surface area contributed by atoms with Gasteiger partial charge < -0.3 is 15.9 Å². The second-order valence-corrected chi connectivity index (χ2v) is 5.79. The fraction of sp³-hybridized carbons (Fsp3) is 0.467. The van der Waals surface area contributed by atoms with Crippen LogP contribution >= 0.6 is 0 Å². The van der Waals surface area contributed by atoms with Crippen molar-refractivity contribution in [3.05, 3.63) is 35.4 Å². The third-order valence-corrected chi connectivity index (χ3v) is 4.30. The van der Waals surface area contributed by atoms with E-state index >= 15 is 0 Å². The first-order valence-corrected chi connectivity index (χ1v) is 6.97. The van der Waals surface area contributed by atoms with Crippen LogP contribution in [0.25, 0.3) is 0 Å². The van der Waals surface area contributed by atoms with Gasteiger partial charge in [-0.15, -0.1) is 0 Å². The minimum atomic E-state index is -4.54. The van der Waals surface area contributed by atoms with Crippen LogP contribution < -0.4 is 5.73 Å². The van der Waals surface area contributed by atoms with Gasteiger partial charge in [0.2, 0.25) is 0 Å². The van der Waals surface area contributed by atoms with E-state index in [1.807, 2.05) is 0 Å². The van der Waals surface area contributed by atoms with E-state index in [-0.39, 0.29) is 24.8 Å². The van der Waals surface area contributed by atoms with E-state index in [0.29, 0.717) is 0 Å². The first-order chi connectivity index (χ1) is 10.6. The number of aliphatic carboxylic acids is 2. The molecule has 5 nitrogen and oxygen atoms in total. The molecule has 4 N–H and O–H groups in total. The van der Waals surface area contributed by atoms with Gasteiger partial charge in [0, 0.05) is 5.92 Å². The standard InChI is InChI=1S/C15H16F3NO4/c16-15(17,18)10-4-2-1-3-8(10)5-6-14(19,13(22)23)11-7-9(11)12(20)21/h1-4,9,11H,5-7,19H2,(H,20,21)(H,22,23)/t9-,11-,14?/m0/s1. The van der Waals surface area contributed by atoms with Gasteiger partial charge in [-0.3, -0.25) is 9.59 Å². The number of alkyl halides is 3. The van der Waals surface area contributed by atoms with E-state index in [4.69, 9.17) is 10.8 Å². The first-order valence-electron chi connectivity index (χ1n) is 6.97. The second-order valence-electron chi connectivity index (χ2n) is 5.79. The van der Waals surface area contributed by atoms with E-state index in [2.05, 4.69) is 0 Å². The van der Waals surface area contributed by atoms with Crippen molar-refractivity contribution in [3.63, 3.8) is 0 Å². The molecule has 1 aliphatic carbocycles. The highest BCUT2D eigenvalue weighted by Gasteiger charge is 2.58. The lowest BCUT2D eigenvalue weighted by Gasteiger charge is -2.25. The number of hydrogen-bond acceptors (Lipinski definition) is 3. The summed E-state index contributed by atoms with van der Waals surface area (Å²) < 4.78 is 38.8. The molecule has 0 bridgehead atoms. The summed E-state index contributed by atoms with van der Waals surface area (Å²) in [4.78, 5) is 22.3. The number of halogens is 3. The Bertz CT molecular complexity index is 631. The number of benzene rings is 1. The smallest absolute Gasteiger partial charge is 0.416 e. The molecule has 1 saturated carbocycles. The van der Waals surface area contributed by atoms with E-state index in [1.165, 1.54) is 18.2 Å². The average Bonchev–Trinajstić information content (AvgIpc) is 3.25. The molecule has 1 unspecified atom stereocenters. The van der Waals surface area contributed by atoms with Crippen molar-refractivity contribution in [2.75, 3.05) is 0 Å². The Morgan fingerprint density at radius 3 is 2.30 bits per heavy atom. The van der Waals surface area contributed by atoms with Gasteiger partial charge in [-0.2, -0.15) is 13.2 Å². The van der Waals surface area contributed by atoms with Crippen molar-refractivity contribution in [2.45, 2.75) is 31.0 Å². The van der Waals surface area contributed by atoms with Crippen LogP contribution in [0.5, 0.6) is 0 Å². The van der Waals surface area contributed by atoms with Gasteiger partial charge in [-0.05, 0) is 30.9 Å².